The fourth-order valence-electron chi connectivity index (χ4n) is 8.84. The molecule has 0 amide bonds. The summed E-state index contributed by atoms with van der Waals surface area (Å²) in [7, 11) is 1.85. The maximum absolute atomic E-state index is 11.4. The minimum atomic E-state index is -0.242. The van der Waals surface area contributed by atoms with Crippen molar-refractivity contribution in [3.8, 4) is 0 Å². The molecule has 3 saturated carbocycles. The normalized spacial score (nSPS) is 46.7. The quantitative estimate of drug-likeness (QED) is 0.472. The highest BCUT2D eigenvalue weighted by molar-refractivity contribution is 5.28. The minimum absolute atomic E-state index is 0.242. The smallest absolute Gasteiger partial charge is 0.0757 e. The van der Waals surface area contributed by atoms with Crippen LogP contribution in [0.25, 0.3) is 0 Å². The van der Waals surface area contributed by atoms with Gasteiger partial charge in [-0.05, 0) is 91.3 Å². The van der Waals surface area contributed by atoms with Crippen LogP contribution in [0.15, 0.2) is 11.6 Å². The number of rotatable bonds is 6. The topological polar surface area (TPSA) is 29.5 Å². The van der Waals surface area contributed by atoms with Gasteiger partial charge in [0.2, 0.25) is 0 Å². The van der Waals surface area contributed by atoms with E-state index >= 15 is 0 Å². The molecule has 0 unspecified atom stereocenters. The highest BCUT2D eigenvalue weighted by Gasteiger charge is 2.61. The fraction of sp³-hybridized carbons (Fsp3) is 0.929. The summed E-state index contributed by atoms with van der Waals surface area (Å²) >= 11 is 0. The molecule has 4 aliphatic carbocycles. The second-order valence-corrected chi connectivity index (χ2v) is 12.5. The van der Waals surface area contributed by atoms with Crippen molar-refractivity contribution in [1.29, 1.82) is 0 Å². The van der Waals surface area contributed by atoms with Crippen molar-refractivity contribution in [2.24, 2.45) is 46.3 Å². The van der Waals surface area contributed by atoms with Gasteiger partial charge in [0.15, 0.2) is 0 Å². The van der Waals surface area contributed by atoms with Gasteiger partial charge in [-0.3, -0.25) is 0 Å². The van der Waals surface area contributed by atoms with Crippen molar-refractivity contribution >= 4 is 0 Å². The lowest BCUT2D eigenvalue weighted by molar-refractivity contribution is -0.0986. The lowest BCUT2D eigenvalue weighted by Crippen LogP contribution is -2.55. The molecule has 0 saturated heterocycles. The summed E-state index contributed by atoms with van der Waals surface area (Å²) in [6.45, 7) is 12.4. The molecule has 0 aromatic carbocycles. The van der Waals surface area contributed by atoms with Crippen LogP contribution in [0.1, 0.15) is 98.8 Å². The van der Waals surface area contributed by atoms with Crippen molar-refractivity contribution in [1.82, 2.24) is 0 Å². The van der Waals surface area contributed by atoms with Crippen LogP contribution in [0.5, 0.6) is 0 Å². The summed E-state index contributed by atoms with van der Waals surface area (Å²) in [6, 6.07) is 0. The maximum atomic E-state index is 11.4. The SMILES string of the molecule is CO[C@H]1CC[C@@]2(C)C(=C[C@H](O)[C@H]3[C@@H]4CC[C@H]([C@H](C)CCCC(C)C)[C@@]4(C)CC[C@@H]32)C1. The molecule has 0 aromatic rings. The average Bonchev–Trinajstić information content (AvgIpc) is 3.05. The van der Waals surface area contributed by atoms with Crippen LogP contribution in [0, 0.1) is 46.3 Å². The Morgan fingerprint density at radius 3 is 2.50 bits per heavy atom. The summed E-state index contributed by atoms with van der Waals surface area (Å²) < 4.78 is 5.71. The zero-order valence-electron chi connectivity index (χ0n) is 20.6. The second kappa shape index (κ2) is 8.54. The van der Waals surface area contributed by atoms with Crippen LogP contribution in [0.4, 0.5) is 0 Å². The van der Waals surface area contributed by atoms with Crippen molar-refractivity contribution in [3.05, 3.63) is 11.6 Å². The number of methoxy groups -OCH3 is 1. The number of ether oxygens (including phenoxy) is 1. The van der Waals surface area contributed by atoms with Crippen LogP contribution in [-0.2, 0) is 4.74 Å². The van der Waals surface area contributed by atoms with Gasteiger partial charge in [-0.25, -0.2) is 0 Å². The molecule has 4 aliphatic rings. The molecule has 3 fully saturated rings. The Balaban J connectivity index is 1.53. The van der Waals surface area contributed by atoms with Crippen molar-refractivity contribution in [3.63, 3.8) is 0 Å². The van der Waals surface area contributed by atoms with Gasteiger partial charge in [0.05, 0.1) is 12.2 Å². The molecule has 30 heavy (non-hydrogen) atoms. The molecular formula is C28H48O2. The molecule has 4 rings (SSSR count). The van der Waals surface area contributed by atoms with Crippen LogP contribution >= 0.6 is 0 Å². The molecule has 0 aromatic heterocycles. The van der Waals surface area contributed by atoms with Crippen LogP contribution in [0.3, 0.4) is 0 Å². The number of aliphatic hydroxyl groups is 1. The van der Waals surface area contributed by atoms with E-state index in [0.717, 1.165) is 24.2 Å². The van der Waals surface area contributed by atoms with Crippen molar-refractivity contribution in [2.75, 3.05) is 7.11 Å². The predicted octanol–water partition coefficient (Wildman–Crippen LogP) is 7.01. The Hall–Kier alpha value is -0.340. The van der Waals surface area contributed by atoms with E-state index in [-0.39, 0.29) is 6.10 Å². The van der Waals surface area contributed by atoms with E-state index in [1.54, 1.807) is 0 Å². The van der Waals surface area contributed by atoms with Gasteiger partial charge in [-0.15, -0.1) is 0 Å². The first kappa shape index (κ1) is 22.8. The van der Waals surface area contributed by atoms with Crippen LogP contribution < -0.4 is 0 Å². The van der Waals surface area contributed by atoms with Crippen LogP contribution in [-0.4, -0.2) is 24.4 Å². The minimum Gasteiger partial charge on any atom is -0.389 e. The number of fused-ring (bicyclic) bond motifs is 5. The number of hydrogen-bond donors (Lipinski definition) is 1. The molecule has 1 N–H and O–H groups in total. The zero-order chi connectivity index (χ0) is 21.7. The third-order valence-electron chi connectivity index (χ3n) is 10.6. The highest BCUT2D eigenvalue weighted by Crippen LogP contribution is 2.67. The van der Waals surface area contributed by atoms with E-state index in [4.69, 9.17) is 4.74 Å². The van der Waals surface area contributed by atoms with Gasteiger partial charge >= 0.3 is 0 Å². The van der Waals surface area contributed by atoms with Gasteiger partial charge in [0, 0.05) is 7.11 Å². The third kappa shape index (κ3) is 3.72. The molecule has 2 nitrogen and oxygen atoms in total. The summed E-state index contributed by atoms with van der Waals surface area (Å²) in [6.07, 6.45) is 15.4. The summed E-state index contributed by atoms with van der Waals surface area (Å²) in [5, 5.41) is 11.4. The van der Waals surface area contributed by atoms with E-state index < -0.39 is 0 Å². The van der Waals surface area contributed by atoms with Gasteiger partial charge in [0.25, 0.3) is 0 Å². The largest absolute Gasteiger partial charge is 0.389 e. The Morgan fingerprint density at radius 2 is 1.80 bits per heavy atom. The monoisotopic (exact) mass is 416 g/mol. The average molecular weight is 417 g/mol. The Bertz CT molecular complexity index is 639. The number of aliphatic hydroxyl groups excluding tert-OH is 1. The van der Waals surface area contributed by atoms with E-state index in [9.17, 15) is 5.11 Å². The lowest BCUT2D eigenvalue weighted by Gasteiger charge is -2.59. The standard InChI is InChI=1S/C28H48O2/c1-18(2)8-7-9-19(3)22-10-11-23-26-24(13-15-28(22,23)5)27(4)14-12-21(30-6)16-20(27)17-25(26)29/h17-19,21-26,29H,7-16H2,1-6H3/t19-,21+,22-,23+,24+,25+,26+,27+,28-/m1/s1. The lowest BCUT2D eigenvalue weighted by atomic mass is 9.46. The van der Waals surface area contributed by atoms with E-state index in [1.807, 2.05) is 7.11 Å². The summed E-state index contributed by atoms with van der Waals surface area (Å²) in [5.74, 6) is 4.35. The first-order valence-corrected chi connectivity index (χ1v) is 13.1. The molecule has 0 radical (unpaired) electrons. The molecule has 172 valence electrons. The third-order valence-corrected chi connectivity index (χ3v) is 10.6. The summed E-state index contributed by atoms with van der Waals surface area (Å²) in [4.78, 5) is 0. The van der Waals surface area contributed by atoms with Gasteiger partial charge in [-0.2, -0.15) is 0 Å². The van der Waals surface area contributed by atoms with Crippen molar-refractivity contribution < 1.29 is 9.84 Å². The highest BCUT2D eigenvalue weighted by atomic mass is 16.5. The molecule has 0 bridgehead atoms. The van der Waals surface area contributed by atoms with Crippen molar-refractivity contribution in [2.45, 2.75) is 111 Å². The molecule has 9 atom stereocenters. The van der Waals surface area contributed by atoms with Gasteiger partial charge in [0.1, 0.15) is 0 Å². The molecule has 0 heterocycles. The van der Waals surface area contributed by atoms with Gasteiger partial charge < -0.3 is 9.84 Å². The Kier molecular flexibility index (Phi) is 6.50. The maximum Gasteiger partial charge on any atom is 0.0757 e. The Morgan fingerprint density at radius 1 is 1.03 bits per heavy atom. The molecule has 2 heteroatoms. The second-order valence-electron chi connectivity index (χ2n) is 12.5. The van der Waals surface area contributed by atoms with E-state index in [1.165, 1.54) is 63.4 Å². The first-order chi connectivity index (χ1) is 14.2. The fourth-order valence-corrected chi connectivity index (χ4v) is 8.84. The Labute approximate surface area is 186 Å². The van der Waals surface area contributed by atoms with Crippen LogP contribution in [0.2, 0.25) is 0 Å². The first-order valence-electron chi connectivity index (χ1n) is 13.1. The number of hydrogen-bond acceptors (Lipinski definition) is 2. The van der Waals surface area contributed by atoms with Gasteiger partial charge in [-0.1, -0.05) is 65.5 Å². The molecular weight excluding hydrogens is 368 g/mol. The van der Waals surface area contributed by atoms with E-state index in [0.29, 0.717) is 34.7 Å². The predicted molar refractivity (Wildman–Crippen MR) is 125 cm³/mol. The molecule has 0 spiro atoms. The van der Waals surface area contributed by atoms with E-state index in [2.05, 4.69) is 40.7 Å². The molecule has 0 aliphatic heterocycles. The zero-order valence-corrected chi connectivity index (χ0v) is 20.6. The summed E-state index contributed by atoms with van der Waals surface area (Å²) in [5.41, 5.74) is 2.24.